The normalized spacial score (nSPS) is 14.3. The van der Waals surface area contributed by atoms with Crippen molar-refractivity contribution in [3.05, 3.63) is 113 Å². The number of carbonyl (C=O) groups is 4. The van der Waals surface area contributed by atoms with Gasteiger partial charge in [-0.05, 0) is 66.6 Å². The van der Waals surface area contributed by atoms with Crippen molar-refractivity contribution in [2.45, 2.75) is 6.92 Å². The SMILES string of the molecule is Cc1ccc(-c2ccc(N3C(=O)c4ccc(Oc5ccc6c(c5)C(=O)N(C)C6=O)cc4C3=O)cc2)cc1. The monoisotopic (exact) mass is 488 g/mol. The Hall–Kier alpha value is -5.04. The predicted octanol–water partition coefficient (Wildman–Crippen LogP) is 5.48. The van der Waals surface area contributed by atoms with Gasteiger partial charge in [0, 0.05) is 7.05 Å². The van der Waals surface area contributed by atoms with Crippen LogP contribution in [0.15, 0.2) is 84.9 Å². The van der Waals surface area contributed by atoms with Crippen LogP contribution in [0.4, 0.5) is 5.69 Å². The molecule has 0 saturated carbocycles. The topological polar surface area (TPSA) is 84.0 Å². The van der Waals surface area contributed by atoms with Gasteiger partial charge < -0.3 is 4.74 Å². The number of hydrogen-bond acceptors (Lipinski definition) is 5. The molecule has 0 radical (unpaired) electrons. The summed E-state index contributed by atoms with van der Waals surface area (Å²) in [5, 5.41) is 0. The van der Waals surface area contributed by atoms with E-state index in [1.165, 1.54) is 24.7 Å². The highest BCUT2D eigenvalue weighted by atomic mass is 16.5. The third-order valence-electron chi connectivity index (χ3n) is 6.67. The van der Waals surface area contributed by atoms with Gasteiger partial charge in [-0.3, -0.25) is 24.1 Å². The Kier molecular flexibility index (Phi) is 5.01. The van der Waals surface area contributed by atoms with Gasteiger partial charge in [-0.15, -0.1) is 0 Å². The molecule has 0 bridgehead atoms. The summed E-state index contributed by atoms with van der Waals surface area (Å²) in [4.78, 5) is 52.9. The van der Waals surface area contributed by atoms with Crippen LogP contribution in [-0.4, -0.2) is 35.6 Å². The number of fused-ring (bicyclic) bond motifs is 2. The number of benzene rings is 4. The van der Waals surface area contributed by atoms with E-state index in [1.54, 1.807) is 36.4 Å². The van der Waals surface area contributed by atoms with Crippen LogP contribution in [0.2, 0.25) is 0 Å². The van der Waals surface area contributed by atoms with Gasteiger partial charge in [0.1, 0.15) is 11.5 Å². The Labute approximate surface area is 212 Å². The van der Waals surface area contributed by atoms with Crippen molar-refractivity contribution in [3.8, 4) is 22.6 Å². The molecule has 0 aliphatic carbocycles. The third-order valence-corrected chi connectivity index (χ3v) is 6.67. The number of imide groups is 2. The molecule has 0 saturated heterocycles. The van der Waals surface area contributed by atoms with Crippen LogP contribution in [0.25, 0.3) is 11.1 Å². The highest BCUT2D eigenvalue weighted by Gasteiger charge is 2.37. The maximum Gasteiger partial charge on any atom is 0.266 e. The summed E-state index contributed by atoms with van der Waals surface area (Å²) in [6.45, 7) is 2.03. The highest BCUT2D eigenvalue weighted by Crippen LogP contribution is 2.34. The van der Waals surface area contributed by atoms with E-state index in [2.05, 4.69) is 0 Å². The van der Waals surface area contributed by atoms with E-state index in [9.17, 15) is 19.2 Å². The van der Waals surface area contributed by atoms with E-state index in [0.717, 1.165) is 20.9 Å². The molecule has 0 atom stereocenters. The van der Waals surface area contributed by atoms with Crippen molar-refractivity contribution < 1.29 is 23.9 Å². The van der Waals surface area contributed by atoms with Crippen LogP contribution in [0.3, 0.4) is 0 Å². The molecule has 2 aliphatic heterocycles. The van der Waals surface area contributed by atoms with E-state index in [4.69, 9.17) is 4.74 Å². The maximum absolute atomic E-state index is 13.2. The molecule has 0 fully saturated rings. The molecule has 4 amide bonds. The van der Waals surface area contributed by atoms with Crippen molar-refractivity contribution in [1.82, 2.24) is 4.90 Å². The Morgan fingerprint density at radius 2 is 1.00 bits per heavy atom. The second-order valence-corrected chi connectivity index (χ2v) is 9.04. The molecule has 2 aliphatic rings. The van der Waals surface area contributed by atoms with Gasteiger partial charge in [0.05, 0.1) is 27.9 Å². The van der Waals surface area contributed by atoms with Gasteiger partial charge in [0.2, 0.25) is 0 Å². The zero-order chi connectivity index (χ0) is 25.8. The number of amides is 4. The van der Waals surface area contributed by atoms with Crippen molar-refractivity contribution in [2.24, 2.45) is 0 Å². The van der Waals surface area contributed by atoms with Crippen LogP contribution in [0, 0.1) is 6.92 Å². The smallest absolute Gasteiger partial charge is 0.266 e. The highest BCUT2D eigenvalue weighted by molar-refractivity contribution is 6.34. The van der Waals surface area contributed by atoms with E-state index < -0.39 is 17.7 Å². The second kappa shape index (κ2) is 8.27. The number of rotatable bonds is 4. The number of aryl methyl sites for hydroxylation is 1. The van der Waals surface area contributed by atoms with Crippen molar-refractivity contribution in [1.29, 1.82) is 0 Å². The summed E-state index contributed by atoms with van der Waals surface area (Å²) in [6, 6.07) is 24.7. The second-order valence-electron chi connectivity index (χ2n) is 9.04. The lowest BCUT2D eigenvalue weighted by molar-refractivity contribution is 0.0692. The molecular formula is C30H20N2O5. The fourth-order valence-corrected chi connectivity index (χ4v) is 4.61. The van der Waals surface area contributed by atoms with Crippen LogP contribution < -0.4 is 9.64 Å². The number of ether oxygens (including phenoxy) is 1. The quantitative estimate of drug-likeness (QED) is 0.355. The molecule has 7 heteroatoms. The lowest BCUT2D eigenvalue weighted by Crippen LogP contribution is -2.29. The maximum atomic E-state index is 13.2. The largest absolute Gasteiger partial charge is 0.457 e. The lowest BCUT2D eigenvalue weighted by Gasteiger charge is -2.14. The number of anilines is 1. The van der Waals surface area contributed by atoms with Crippen LogP contribution in [0.5, 0.6) is 11.5 Å². The summed E-state index contributed by atoms with van der Waals surface area (Å²) in [6.07, 6.45) is 0. The van der Waals surface area contributed by atoms with E-state index in [1.807, 2.05) is 43.3 Å². The van der Waals surface area contributed by atoms with Crippen molar-refractivity contribution in [3.63, 3.8) is 0 Å². The Balaban J connectivity index is 1.25. The first-order valence-electron chi connectivity index (χ1n) is 11.7. The van der Waals surface area contributed by atoms with Gasteiger partial charge in [0.25, 0.3) is 23.6 Å². The van der Waals surface area contributed by atoms with Gasteiger partial charge in [0.15, 0.2) is 0 Å². The molecule has 4 aromatic rings. The summed E-state index contributed by atoms with van der Waals surface area (Å²) in [5.41, 5.74) is 4.78. The molecule has 7 nitrogen and oxygen atoms in total. The minimum absolute atomic E-state index is 0.234. The zero-order valence-electron chi connectivity index (χ0n) is 20.0. The first-order chi connectivity index (χ1) is 17.8. The molecular weight excluding hydrogens is 468 g/mol. The molecule has 0 spiro atoms. The Morgan fingerprint density at radius 3 is 1.59 bits per heavy atom. The summed E-state index contributed by atoms with van der Waals surface area (Å²) < 4.78 is 5.88. The fourth-order valence-electron chi connectivity index (χ4n) is 4.61. The van der Waals surface area contributed by atoms with Crippen molar-refractivity contribution in [2.75, 3.05) is 11.9 Å². The lowest BCUT2D eigenvalue weighted by atomic mass is 10.0. The molecule has 0 unspecified atom stereocenters. The van der Waals surface area contributed by atoms with Crippen LogP contribution in [-0.2, 0) is 0 Å². The molecule has 4 aromatic carbocycles. The predicted molar refractivity (Wildman–Crippen MR) is 137 cm³/mol. The molecule has 180 valence electrons. The summed E-state index contributed by atoms with van der Waals surface area (Å²) in [5.74, 6) is -0.925. The van der Waals surface area contributed by atoms with Gasteiger partial charge >= 0.3 is 0 Å². The Bertz CT molecular complexity index is 1640. The van der Waals surface area contributed by atoms with E-state index in [0.29, 0.717) is 22.7 Å². The number of nitrogens with zero attached hydrogens (tertiary/aromatic N) is 2. The first kappa shape index (κ1) is 22.4. The zero-order valence-corrected chi connectivity index (χ0v) is 20.0. The first-order valence-corrected chi connectivity index (χ1v) is 11.7. The van der Waals surface area contributed by atoms with Crippen molar-refractivity contribution >= 4 is 29.3 Å². The standard InChI is InChI=1S/C30H20N2O5/c1-17-3-5-18(6-4-17)19-7-9-20(10-8-19)32-29(35)24-14-12-22(16-26(24)30(32)36)37-21-11-13-23-25(15-21)28(34)31(2)27(23)33/h3-16H,1-2H3. The minimum atomic E-state index is -0.440. The average molecular weight is 488 g/mol. The third kappa shape index (κ3) is 3.60. The molecule has 0 N–H and O–H groups in total. The van der Waals surface area contributed by atoms with Crippen LogP contribution >= 0.6 is 0 Å². The number of hydrogen-bond donors (Lipinski definition) is 0. The number of carbonyl (C=O) groups excluding carboxylic acids is 4. The van der Waals surface area contributed by atoms with Gasteiger partial charge in [-0.1, -0.05) is 42.0 Å². The average Bonchev–Trinajstić information content (AvgIpc) is 3.28. The fraction of sp³-hybridized carbons (Fsp3) is 0.0667. The van der Waals surface area contributed by atoms with Gasteiger partial charge in [-0.25, -0.2) is 4.90 Å². The molecule has 6 rings (SSSR count). The summed E-state index contributed by atoms with van der Waals surface area (Å²) >= 11 is 0. The van der Waals surface area contributed by atoms with E-state index >= 15 is 0 Å². The van der Waals surface area contributed by atoms with Crippen LogP contribution in [0.1, 0.15) is 47.0 Å². The molecule has 0 aromatic heterocycles. The molecule has 37 heavy (non-hydrogen) atoms. The van der Waals surface area contributed by atoms with Gasteiger partial charge in [-0.2, -0.15) is 0 Å². The summed E-state index contributed by atoms with van der Waals surface area (Å²) in [7, 11) is 1.43. The minimum Gasteiger partial charge on any atom is -0.457 e. The molecule has 2 heterocycles. The Morgan fingerprint density at radius 1 is 0.541 bits per heavy atom. The van der Waals surface area contributed by atoms with E-state index in [-0.39, 0.29) is 22.6 Å².